The number of aromatic nitrogens is 1. The molecule has 4 aromatic rings. The Labute approximate surface area is 310 Å². The van der Waals surface area contributed by atoms with Crippen LogP contribution in [0.3, 0.4) is 0 Å². The van der Waals surface area contributed by atoms with Gasteiger partial charge in [0.2, 0.25) is 11.8 Å². The molecule has 0 radical (unpaired) electrons. The maximum atomic E-state index is 14.9. The highest BCUT2D eigenvalue weighted by molar-refractivity contribution is 5.92. The van der Waals surface area contributed by atoms with E-state index in [-0.39, 0.29) is 43.0 Å². The van der Waals surface area contributed by atoms with E-state index in [4.69, 9.17) is 9.47 Å². The number of carbonyl (C=O) groups is 4. The summed E-state index contributed by atoms with van der Waals surface area (Å²) in [5.41, 5.74) is 3.80. The molecule has 1 aliphatic carbocycles. The molecule has 5 unspecified atom stereocenters. The van der Waals surface area contributed by atoms with Gasteiger partial charge < -0.3 is 29.6 Å². The van der Waals surface area contributed by atoms with Gasteiger partial charge in [0.1, 0.15) is 25.3 Å². The van der Waals surface area contributed by atoms with E-state index in [9.17, 15) is 19.2 Å². The summed E-state index contributed by atoms with van der Waals surface area (Å²) in [6, 6.07) is 24.9. The fourth-order valence-corrected chi connectivity index (χ4v) is 8.49. The lowest BCUT2D eigenvalue weighted by molar-refractivity contribution is -0.140. The second-order valence-electron chi connectivity index (χ2n) is 14.7. The standard InChI is InChI=1S/C42H49N5O6/c1-28(45(2)41(50)52-26-29-14-6-3-7-15-29)39(48)44-37(31-18-10-5-11-19-31)40(49)46-23-22-36-38(46)34(33-24-43-35-21-13-12-20-32(33)35)25-47(36)42(51)53-27-30-16-8-4-9-17-30/h3-4,6-9,12-17,20-21,24,28,31,34,36-38,43H,5,10-11,18-19,22-23,25-27H2,1-2H3,(H,44,48). The van der Waals surface area contributed by atoms with E-state index in [1.54, 1.807) is 11.8 Å². The highest BCUT2D eigenvalue weighted by atomic mass is 16.6. The lowest BCUT2D eigenvalue weighted by Crippen LogP contribution is -2.58. The first-order chi connectivity index (χ1) is 25.8. The lowest BCUT2D eigenvalue weighted by Gasteiger charge is -2.37. The van der Waals surface area contributed by atoms with Crippen LogP contribution < -0.4 is 5.32 Å². The SMILES string of the molecule is CC(C(=O)NC(C(=O)N1CCC2C1C(c1c[nH]c3ccccc13)CN2C(=O)OCc1ccccc1)C1CCCCC1)N(C)C(=O)OCc1ccccc1. The van der Waals surface area contributed by atoms with Gasteiger partial charge in [0, 0.05) is 43.2 Å². The summed E-state index contributed by atoms with van der Waals surface area (Å²) in [5, 5.41) is 4.17. The molecule has 3 fully saturated rings. The van der Waals surface area contributed by atoms with Gasteiger partial charge in [-0.1, -0.05) is 98.1 Å². The summed E-state index contributed by atoms with van der Waals surface area (Å²) < 4.78 is 11.3. The molecule has 3 heterocycles. The zero-order valence-corrected chi connectivity index (χ0v) is 30.5. The average molecular weight is 720 g/mol. The van der Waals surface area contributed by atoms with E-state index in [1.807, 2.05) is 90.0 Å². The fraction of sp³-hybridized carbons (Fsp3) is 0.429. The number of fused-ring (bicyclic) bond motifs is 2. The Hall–Kier alpha value is -5.32. The van der Waals surface area contributed by atoms with Gasteiger partial charge in [-0.15, -0.1) is 0 Å². The molecule has 7 rings (SSSR count). The molecule has 0 spiro atoms. The van der Waals surface area contributed by atoms with Crippen LogP contribution in [0.4, 0.5) is 9.59 Å². The Morgan fingerprint density at radius 1 is 0.830 bits per heavy atom. The summed E-state index contributed by atoms with van der Waals surface area (Å²) in [5.74, 6) is -0.751. The van der Waals surface area contributed by atoms with Gasteiger partial charge in [0.15, 0.2) is 0 Å². The molecule has 53 heavy (non-hydrogen) atoms. The maximum absolute atomic E-state index is 14.9. The monoisotopic (exact) mass is 719 g/mol. The lowest BCUT2D eigenvalue weighted by atomic mass is 9.82. The molecule has 11 heteroatoms. The first-order valence-corrected chi connectivity index (χ1v) is 18.9. The molecule has 0 bridgehead atoms. The number of amides is 4. The molecule has 1 aromatic heterocycles. The molecular formula is C42H49N5O6. The van der Waals surface area contributed by atoms with Crippen LogP contribution in [0.15, 0.2) is 91.1 Å². The molecular weight excluding hydrogens is 670 g/mol. The van der Waals surface area contributed by atoms with Crippen molar-refractivity contribution in [2.45, 2.75) is 88.7 Å². The minimum atomic E-state index is -0.871. The molecule has 2 N–H and O–H groups in total. The molecule has 2 saturated heterocycles. The van der Waals surface area contributed by atoms with Crippen LogP contribution in [-0.2, 0) is 32.3 Å². The number of rotatable bonds is 10. The number of nitrogens with zero attached hydrogens (tertiary/aromatic N) is 3. The molecule has 5 atom stereocenters. The zero-order valence-electron chi connectivity index (χ0n) is 30.5. The summed E-state index contributed by atoms with van der Waals surface area (Å²) in [6.07, 6.45) is 6.30. The van der Waals surface area contributed by atoms with Crippen molar-refractivity contribution >= 4 is 34.9 Å². The second kappa shape index (κ2) is 16.1. The summed E-state index contributed by atoms with van der Waals surface area (Å²) in [4.78, 5) is 63.9. The number of carbonyl (C=O) groups excluding carboxylic acids is 4. The van der Waals surface area contributed by atoms with Gasteiger partial charge in [-0.25, -0.2) is 9.59 Å². The fourth-order valence-electron chi connectivity index (χ4n) is 8.49. The van der Waals surface area contributed by atoms with E-state index in [0.717, 1.165) is 59.7 Å². The van der Waals surface area contributed by atoms with Gasteiger partial charge in [-0.2, -0.15) is 0 Å². The number of aromatic amines is 1. The molecule has 4 amide bonds. The third-order valence-corrected chi connectivity index (χ3v) is 11.5. The number of likely N-dealkylation sites (N-methyl/N-ethyl adjacent to an activating group) is 1. The topological polar surface area (TPSA) is 124 Å². The predicted octanol–water partition coefficient (Wildman–Crippen LogP) is 6.60. The van der Waals surface area contributed by atoms with Crippen LogP contribution >= 0.6 is 0 Å². The van der Waals surface area contributed by atoms with Crippen molar-refractivity contribution in [1.82, 2.24) is 25.0 Å². The van der Waals surface area contributed by atoms with Gasteiger partial charge in [-0.3, -0.25) is 14.5 Å². The molecule has 11 nitrogen and oxygen atoms in total. The van der Waals surface area contributed by atoms with E-state index in [0.29, 0.717) is 19.5 Å². The number of para-hydroxylation sites is 1. The number of ether oxygens (including phenoxy) is 2. The predicted molar refractivity (Wildman–Crippen MR) is 201 cm³/mol. The third kappa shape index (κ3) is 7.75. The van der Waals surface area contributed by atoms with Crippen LogP contribution in [0.5, 0.6) is 0 Å². The van der Waals surface area contributed by atoms with E-state index >= 15 is 0 Å². The Morgan fingerprint density at radius 3 is 2.17 bits per heavy atom. The Bertz CT molecular complexity index is 1890. The normalized spacial score (nSPS) is 21.1. The van der Waals surface area contributed by atoms with E-state index < -0.39 is 30.2 Å². The van der Waals surface area contributed by atoms with Crippen LogP contribution in [0.2, 0.25) is 0 Å². The highest BCUT2D eigenvalue weighted by Crippen LogP contribution is 2.44. The van der Waals surface area contributed by atoms with Crippen molar-refractivity contribution in [2.75, 3.05) is 20.1 Å². The molecule has 278 valence electrons. The van der Waals surface area contributed by atoms with Gasteiger partial charge in [0.05, 0.1) is 12.1 Å². The second-order valence-corrected chi connectivity index (χ2v) is 14.7. The quantitative estimate of drug-likeness (QED) is 0.191. The Morgan fingerprint density at radius 2 is 1.47 bits per heavy atom. The maximum Gasteiger partial charge on any atom is 0.410 e. The number of benzene rings is 3. The van der Waals surface area contributed by atoms with E-state index in [2.05, 4.69) is 16.4 Å². The van der Waals surface area contributed by atoms with Crippen molar-refractivity contribution in [3.05, 3.63) is 108 Å². The first-order valence-electron chi connectivity index (χ1n) is 18.9. The van der Waals surface area contributed by atoms with Crippen LogP contribution in [0.1, 0.15) is 68.1 Å². The summed E-state index contributed by atoms with van der Waals surface area (Å²) in [6.45, 7) is 2.76. The molecule has 1 saturated carbocycles. The Balaban J connectivity index is 1.11. The zero-order chi connectivity index (χ0) is 36.9. The van der Waals surface area contributed by atoms with Crippen LogP contribution in [0.25, 0.3) is 10.9 Å². The third-order valence-electron chi connectivity index (χ3n) is 11.5. The summed E-state index contributed by atoms with van der Waals surface area (Å²) >= 11 is 0. The van der Waals surface area contributed by atoms with Crippen molar-refractivity contribution in [3.63, 3.8) is 0 Å². The van der Waals surface area contributed by atoms with Crippen LogP contribution in [-0.4, -0.2) is 88.0 Å². The minimum absolute atomic E-state index is 0.0401. The largest absolute Gasteiger partial charge is 0.445 e. The van der Waals surface area contributed by atoms with Crippen molar-refractivity contribution in [2.24, 2.45) is 5.92 Å². The number of nitrogens with one attached hydrogen (secondary N) is 2. The molecule has 3 aliphatic rings. The van der Waals surface area contributed by atoms with Crippen LogP contribution in [0, 0.1) is 5.92 Å². The number of hydrogen-bond acceptors (Lipinski definition) is 6. The van der Waals surface area contributed by atoms with Crippen molar-refractivity contribution < 1.29 is 28.7 Å². The smallest absolute Gasteiger partial charge is 0.410 e. The van der Waals surface area contributed by atoms with Gasteiger partial charge >= 0.3 is 12.2 Å². The number of hydrogen-bond donors (Lipinski definition) is 2. The van der Waals surface area contributed by atoms with Gasteiger partial charge in [-0.05, 0) is 54.9 Å². The summed E-state index contributed by atoms with van der Waals surface area (Å²) in [7, 11) is 1.54. The Kier molecular flexibility index (Phi) is 11.0. The molecule has 3 aromatic carbocycles. The minimum Gasteiger partial charge on any atom is -0.445 e. The number of H-pyrrole nitrogens is 1. The van der Waals surface area contributed by atoms with Gasteiger partial charge in [0.25, 0.3) is 0 Å². The van der Waals surface area contributed by atoms with Crippen molar-refractivity contribution in [3.8, 4) is 0 Å². The van der Waals surface area contributed by atoms with Crippen molar-refractivity contribution in [1.29, 1.82) is 0 Å². The first kappa shape index (κ1) is 36.1. The average Bonchev–Trinajstić information content (AvgIpc) is 3.93. The van der Waals surface area contributed by atoms with E-state index in [1.165, 1.54) is 11.9 Å². The molecule has 2 aliphatic heterocycles. The number of likely N-dealkylation sites (tertiary alicyclic amines) is 2. The highest BCUT2D eigenvalue weighted by Gasteiger charge is 2.54.